The molecule has 4 aromatic rings. The third-order valence-electron chi connectivity index (χ3n) is 18.9. The molecule has 0 heterocycles. The maximum absolute atomic E-state index is 2.98. The zero-order valence-corrected chi connectivity index (χ0v) is 40.8. The normalized spacial score (nSPS) is 36.4. The maximum Gasteiger partial charge on any atom is -0.147 e. The molecule has 0 saturated heterocycles. The van der Waals surface area contributed by atoms with Gasteiger partial charge in [0.15, 0.2) is 0 Å². The minimum Gasteiger partial charge on any atom is -0.147 e. The summed E-state index contributed by atoms with van der Waals surface area (Å²) in [5.41, 5.74) is 3.81. The summed E-state index contributed by atoms with van der Waals surface area (Å²) in [5.74, 6) is 0.414. The Morgan fingerprint density at radius 2 is 1.07 bits per heavy atom. The van der Waals surface area contributed by atoms with Crippen molar-refractivity contribution in [1.29, 1.82) is 0 Å². The maximum atomic E-state index is 2.85. The fourth-order valence-corrected chi connectivity index (χ4v) is 26.5. The zero-order valence-electron chi connectivity index (χ0n) is 36.8. The average Bonchev–Trinajstić information content (AvgIpc) is 3.82. The Balaban J connectivity index is 0.00000249. The molecular formula is C57H62Cl2Zr. The van der Waals surface area contributed by atoms with Gasteiger partial charge in [0.05, 0.1) is 0 Å². The van der Waals surface area contributed by atoms with E-state index < -0.39 is 21.3 Å². The zero-order chi connectivity index (χ0) is 40.3. The van der Waals surface area contributed by atoms with E-state index in [4.69, 9.17) is 0 Å². The molecule has 3 heteroatoms. The second-order valence-corrected chi connectivity index (χ2v) is 26.9. The minimum absolute atomic E-state index is 0. The van der Waals surface area contributed by atoms with Gasteiger partial charge in [-0.15, -0.1) is 24.8 Å². The summed E-state index contributed by atoms with van der Waals surface area (Å²) in [5, 5.41) is 5.51. The van der Waals surface area contributed by atoms with Crippen molar-refractivity contribution in [2.75, 3.05) is 0 Å². The molecule has 0 amide bonds. The molecule has 6 aliphatic rings. The summed E-state index contributed by atoms with van der Waals surface area (Å²) in [6, 6.07) is 32.4. The van der Waals surface area contributed by atoms with Crippen LogP contribution in [0.5, 0.6) is 0 Å². The first-order chi connectivity index (χ1) is 27.8. The van der Waals surface area contributed by atoms with Crippen LogP contribution in [0.25, 0.3) is 21.5 Å². The summed E-state index contributed by atoms with van der Waals surface area (Å²) >= 11 is -2.98. The molecule has 0 nitrogen and oxygen atoms in total. The van der Waals surface area contributed by atoms with E-state index in [2.05, 4.69) is 225 Å². The van der Waals surface area contributed by atoms with Crippen molar-refractivity contribution < 1.29 is 21.3 Å². The van der Waals surface area contributed by atoms with Gasteiger partial charge in [0.1, 0.15) is 0 Å². The average molecular weight is 909 g/mol. The van der Waals surface area contributed by atoms with E-state index in [0.29, 0.717) is 9.54 Å². The van der Waals surface area contributed by atoms with E-state index in [1.54, 1.807) is 8.85 Å². The van der Waals surface area contributed by atoms with E-state index in [-0.39, 0.29) is 62.7 Å². The number of halogens is 2. The van der Waals surface area contributed by atoms with Crippen LogP contribution in [-0.2, 0) is 34.1 Å². The quantitative estimate of drug-likeness (QED) is 0.181. The standard InChI is InChI=1S/C29H37.C23H18.C5H5.2ClH.Zr/c1-21-14-13-15-22-20-27(6)25(4)18-10-9-16-23(25,2)24(3)17-11-12-19-26(24,5)29(27,8)28(21,22)7;1-3-16-22-18(8-1)10-5-12-20(22)14-7-15-21-13-6-11-19-9-2-4-17-23(19)21;1-2-4-5-3-1;;;/h9-20,22H,1-8H3;1-6,8-13,16-17H,14-15H2;1-3H,4H2;2*1H;. The first kappa shape index (κ1) is 43.3. The molecule has 0 aliphatic heterocycles. The Kier molecular flexibility index (Phi) is 10.7. The van der Waals surface area contributed by atoms with Gasteiger partial charge in [0.2, 0.25) is 0 Å². The third-order valence-corrected chi connectivity index (χ3v) is 28.1. The van der Waals surface area contributed by atoms with E-state index in [1.165, 1.54) is 32.7 Å². The topological polar surface area (TPSA) is 0 Å². The molecule has 60 heavy (non-hydrogen) atoms. The van der Waals surface area contributed by atoms with Gasteiger partial charge < -0.3 is 0 Å². The van der Waals surface area contributed by atoms with Gasteiger partial charge in [-0.25, -0.2) is 0 Å². The number of benzene rings is 4. The predicted octanol–water partition coefficient (Wildman–Crippen LogP) is 15.5. The first-order valence-corrected chi connectivity index (χ1v) is 25.8. The van der Waals surface area contributed by atoms with Gasteiger partial charge in [-0.2, -0.15) is 0 Å². The van der Waals surface area contributed by atoms with Crippen LogP contribution in [0.4, 0.5) is 0 Å². The van der Waals surface area contributed by atoms with Crippen LogP contribution in [0.2, 0.25) is 3.63 Å². The molecule has 10 rings (SSSR count). The van der Waals surface area contributed by atoms with Crippen molar-refractivity contribution in [2.45, 2.75) is 78.3 Å². The molecule has 0 radical (unpaired) electrons. The number of hydrogen-bond donors (Lipinski definition) is 0. The van der Waals surface area contributed by atoms with Gasteiger partial charge in [0.25, 0.3) is 0 Å². The number of hydrogen-bond acceptors (Lipinski definition) is 0. The summed E-state index contributed by atoms with van der Waals surface area (Å²) < 4.78 is 4.15. The molecule has 0 spiro atoms. The van der Waals surface area contributed by atoms with Crippen LogP contribution in [0.15, 0.2) is 179 Å². The minimum atomic E-state index is -2.98. The van der Waals surface area contributed by atoms with Crippen LogP contribution in [0, 0.1) is 43.8 Å². The molecule has 308 valence electrons. The summed E-state index contributed by atoms with van der Waals surface area (Å²) in [6.45, 7) is 21.6. The third kappa shape index (κ3) is 5.16. The van der Waals surface area contributed by atoms with E-state index in [9.17, 15) is 0 Å². The molecule has 4 aromatic carbocycles. The van der Waals surface area contributed by atoms with Gasteiger partial charge >= 0.3 is 358 Å². The van der Waals surface area contributed by atoms with Crippen LogP contribution in [0.1, 0.15) is 72.9 Å². The second kappa shape index (κ2) is 14.9. The van der Waals surface area contributed by atoms with Crippen molar-refractivity contribution in [2.24, 2.45) is 43.8 Å². The molecule has 2 fully saturated rings. The number of rotatable bonds is 6. The van der Waals surface area contributed by atoms with Crippen molar-refractivity contribution >= 4 is 49.6 Å². The summed E-state index contributed by atoms with van der Waals surface area (Å²) in [6.07, 6.45) is 38.6. The summed E-state index contributed by atoms with van der Waals surface area (Å²) in [4.78, 5) is 0. The van der Waals surface area contributed by atoms with Gasteiger partial charge in [0, 0.05) is 0 Å². The molecule has 9 unspecified atom stereocenters. The molecule has 0 bridgehead atoms. The van der Waals surface area contributed by atoms with Crippen LogP contribution < -0.4 is 0 Å². The van der Waals surface area contributed by atoms with Crippen molar-refractivity contribution in [3.05, 3.63) is 190 Å². The van der Waals surface area contributed by atoms with Crippen molar-refractivity contribution in [1.82, 2.24) is 0 Å². The number of allylic oxidation sites excluding steroid dienone is 16. The van der Waals surface area contributed by atoms with Gasteiger partial charge in [-0.3, -0.25) is 0 Å². The van der Waals surface area contributed by atoms with Crippen LogP contribution in [-0.4, -0.2) is 3.21 Å². The summed E-state index contributed by atoms with van der Waals surface area (Å²) in [7, 11) is 0. The van der Waals surface area contributed by atoms with E-state index in [0.717, 1.165) is 19.3 Å². The van der Waals surface area contributed by atoms with E-state index >= 15 is 0 Å². The van der Waals surface area contributed by atoms with Gasteiger partial charge in [-0.05, 0) is 0 Å². The Morgan fingerprint density at radius 1 is 0.567 bits per heavy atom. The Hall–Kier alpha value is -3.35. The van der Waals surface area contributed by atoms with Crippen LogP contribution >= 0.6 is 24.8 Å². The fourth-order valence-electron chi connectivity index (χ4n) is 15.1. The Morgan fingerprint density at radius 3 is 1.62 bits per heavy atom. The molecule has 2 saturated carbocycles. The fraction of sp³-hybridized carbons (Fsp3) is 0.351. The largest absolute Gasteiger partial charge is 0.147 e. The molecule has 9 atom stereocenters. The first-order valence-electron chi connectivity index (χ1n) is 21.9. The molecular weight excluding hydrogens is 847 g/mol. The molecule has 6 aliphatic carbocycles. The Bertz CT molecular complexity index is 2610. The number of fused-ring (bicyclic) bond motifs is 10. The SMILES string of the molecule is CC1=CC=CC2[CH]([Zr]([C]3=CC=CC3)=[C](Cc3cccc4ccccc34)Cc3cccc4ccccc34)C3(C)C4(C)C=CC=CC4(C)C4(C)C=CC=CC4(C)C3(C)C12C.Cl.Cl. The van der Waals surface area contributed by atoms with Crippen LogP contribution in [0.3, 0.4) is 0 Å². The predicted molar refractivity (Wildman–Crippen MR) is 260 cm³/mol. The molecule has 0 N–H and O–H groups in total. The van der Waals surface area contributed by atoms with Gasteiger partial charge in [-0.1, -0.05) is 0 Å². The Labute approximate surface area is 380 Å². The van der Waals surface area contributed by atoms with E-state index in [1.807, 2.05) is 3.21 Å². The monoisotopic (exact) mass is 906 g/mol. The second-order valence-electron chi connectivity index (χ2n) is 20.0. The van der Waals surface area contributed by atoms with Crippen molar-refractivity contribution in [3.8, 4) is 0 Å². The van der Waals surface area contributed by atoms with Crippen molar-refractivity contribution in [3.63, 3.8) is 0 Å². The molecule has 0 aromatic heterocycles. The smallest absolute Gasteiger partial charge is 0.147 e.